The number of hydrogen-bond acceptors (Lipinski definition) is 5. The number of amides is 1. The van der Waals surface area contributed by atoms with Gasteiger partial charge in [-0.05, 0) is 35.9 Å². The Balaban J connectivity index is 1.49. The number of aliphatic hydroxyl groups is 1. The second kappa shape index (κ2) is 7.36. The first-order valence-electron chi connectivity index (χ1n) is 8.41. The van der Waals surface area contributed by atoms with E-state index in [0.717, 1.165) is 11.3 Å². The van der Waals surface area contributed by atoms with Gasteiger partial charge in [0.2, 0.25) is 6.67 Å². The van der Waals surface area contributed by atoms with E-state index in [4.69, 9.17) is 11.6 Å². The van der Waals surface area contributed by atoms with Crippen molar-refractivity contribution in [1.29, 1.82) is 0 Å². The Morgan fingerprint density at radius 2 is 2.11 bits per heavy atom. The van der Waals surface area contributed by atoms with Crippen molar-refractivity contribution in [2.24, 2.45) is 4.99 Å². The van der Waals surface area contributed by atoms with Gasteiger partial charge in [0.05, 0.1) is 6.61 Å². The fourth-order valence-electron chi connectivity index (χ4n) is 2.92. The lowest BCUT2D eigenvalue weighted by Gasteiger charge is -2.22. The molecule has 2 N–H and O–H groups in total. The maximum Gasteiger partial charge on any atom is 0.285 e. The second-order valence-corrected chi connectivity index (χ2v) is 6.61. The third-order valence-electron chi connectivity index (χ3n) is 4.26. The number of carbonyl (C=O) groups is 1. The number of benzene rings is 2. The standard InChI is InChI=1S/C20H17ClN4O2/c21-15-4-2-5-16(10-15)22-20(27)18-11-25-13-24(8-7-19(25)23-18)17-6-1-3-14(9-17)12-26/h1-11,26H,12-13H2,(H,22,27)/q+1. The maximum atomic E-state index is 12.5. The average Bonchev–Trinajstić information content (AvgIpc) is 3.11. The van der Waals surface area contributed by atoms with Crippen LogP contribution in [0.4, 0.5) is 11.4 Å². The molecule has 6 nitrogen and oxygen atoms in total. The van der Waals surface area contributed by atoms with Gasteiger partial charge in [0.15, 0.2) is 11.9 Å². The average molecular weight is 381 g/mol. The SMILES string of the molecule is O=C(Nc1cccc(Cl)c1)C1=C[N+]2CN(c3cccc(CO)c3)C=CC2=N1. The van der Waals surface area contributed by atoms with Crippen LogP contribution in [0.5, 0.6) is 0 Å². The largest absolute Gasteiger partial charge is 0.392 e. The molecule has 0 saturated heterocycles. The Hall–Kier alpha value is -2.93. The van der Waals surface area contributed by atoms with Crippen molar-refractivity contribution >= 4 is 34.7 Å². The van der Waals surface area contributed by atoms with E-state index in [1.165, 1.54) is 0 Å². The molecule has 0 saturated carbocycles. The molecule has 0 unspecified atom stereocenters. The van der Waals surface area contributed by atoms with Crippen molar-refractivity contribution in [1.82, 2.24) is 4.90 Å². The predicted octanol–water partition coefficient (Wildman–Crippen LogP) is 3.16. The molecule has 2 aliphatic heterocycles. The molecule has 0 atom stereocenters. The summed E-state index contributed by atoms with van der Waals surface area (Å²) in [5, 5.41) is 12.7. The predicted molar refractivity (Wildman–Crippen MR) is 107 cm³/mol. The Kier molecular flexibility index (Phi) is 4.77. The number of nitrogens with zero attached hydrogens (tertiary/aromatic N) is 3. The van der Waals surface area contributed by atoms with Crippen LogP contribution in [0.25, 0.3) is 0 Å². The molecule has 1 radical (unpaired) electrons. The van der Waals surface area contributed by atoms with Crippen molar-refractivity contribution in [2.75, 3.05) is 16.9 Å². The molecule has 27 heavy (non-hydrogen) atoms. The lowest BCUT2D eigenvalue weighted by Crippen LogP contribution is -2.41. The lowest BCUT2D eigenvalue weighted by molar-refractivity contribution is -0.112. The van der Waals surface area contributed by atoms with Crippen molar-refractivity contribution in [3.63, 3.8) is 0 Å². The van der Waals surface area contributed by atoms with Crippen molar-refractivity contribution < 1.29 is 9.90 Å². The summed E-state index contributed by atoms with van der Waals surface area (Å²) >= 11 is 5.95. The Labute approximate surface area is 161 Å². The number of rotatable bonds is 4. The molecular weight excluding hydrogens is 364 g/mol. The number of halogens is 1. The fraction of sp³-hybridized carbons (Fsp3) is 0.100. The molecule has 7 heteroatoms. The van der Waals surface area contributed by atoms with Crippen LogP contribution >= 0.6 is 11.6 Å². The topological polar surface area (TPSA) is 70.8 Å². The van der Waals surface area contributed by atoms with Crippen LogP contribution in [0.3, 0.4) is 0 Å². The normalized spacial score (nSPS) is 16.0. The maximum absolute atomic E-state index is 12.5. The third kappa shape index (κ3) is 3.78. The fourth-order valence-corrected chi connectivity index (χ4v) is 3.11. The summed E-state index contributed by atoms with van der Waals surface area (Å²) in [6, 6.07) is 14.7. The van der Waals surface area contributed by atoms with Crippen LogP contribution in [-0.4, -0.2) is 23.5 Å². The monoisotopic (exact) mass is 380 g/mol. The summed E-state index contributed by atoms with van der Waals surface area (Å²) < 4.78 is 0. The van der Waals surface area contributed by atoms with Gasteiger partial charge in [0.25, 0.3) is 11.7 Å². The first-order chi connectivity index (χ1) is 13.1. The lowest BCUT2D eigenvalue weighted by atomic mass is 10.2. The third-order valence-corrected chi connectivity index (χ3v) is 4.49. The van der Waals surface area contributed by atoms with Crippen LogP contribution in [0, 0.1) is 0 Å². The zero-order valence-electron chi connectivity index (χ0n) is 14.3. The summed E-state index contributed by atoms with van der Waals surface area (Å²) in [5.74, 6) is 0.419. The summed E-state index contributed by atoms with van der Waals surface area (Å²) in [5.41, 5.74) is 2.76. The van der Waals surface area contributed by atoms with Crippen LogP contribution < -0.4 is 15.1 Å². The quantitative estimate of drug-likeness (QED) is 0.800. The highest BCUT2D eigenvalue weighted by Gasteiger charge is 2.35. The summed E-state index contributed by atoms with van der Waals surface area (Å²) in [7, 11) is 0. The number of carbonyl (C=O) groups excluding carboxylic acids is 1. The number of nitrogens with one attached hydrogen (secondary N) is 1. The second-order valence-electron chi connectivity index (χ2n) is 6.17. The van der Waals surface area contributed by atoms with Crippen LogP contribution in [0.2, 0.25) is 5.02 Å². The van der Waals surface area contributed by atoms with Gasteiger partial charge < -0.3 is 10.4 Å². The number of amidine groups is 1. The molecule has 4 rings (SSSR count). The highest BCUT2D eigenvalue weighted by Crippen LogP contribution is 2.23. The molecular formula is C20H17ClN4O2+. The highest BCUT2D eigenvalue weighted by molar-refractivity contribution is 6.31. The first kappa shape index (κ1) is 17.5. The van der Waals surface area contributed by atoms with E-state index >= 15 is 0 Å². The van der Waals surface area contributed by atoms with E-state index in [9.17, 15) is 9.90 Å². The van der Waals surface area contributed by atoms with Crippen molar-refractivity contribution in [2.45, 2.75) is 6.61 Å². The zero-order valence-corrected chi connectivity index (χ0v) is 15.1. The molecule has 0 spiro atoms. The number of fused-ring (bicyclic) bond motifs is 1. The van der Waals surface area contributed by atoms with Gasteiger partial charge in [-0.25, -0.2) is 0 Å². The molecule has 0 aromatic heterocycles. The minimum absolute atomic E-state index is 0.00442. The molecule has 1 amide bonds. The van der Waals surface area contributed by atoms with Crippen LogP contribution in [-0.2, 0) is 11.4 Å². The zero-order chi connectivity index (χ0) is 18.8. The molecule has 2 aromatic rings. The number of hydrogen-bond donors (Lipinski definition) is 2. The van der Waals surface area contributed by atoms with Gasteiger partial charge in [-0.1, -0.05) is 34.7 Å². The Morgan fingerprint density at radius 1 is 1.26 bits per heavy atom. The summed E-state index contributed by atoms with van der Waals surface area (Å²) in [6.45, 7) is 0.522. The minimum Gasteiger partial charge on any atom is -0.392 e. The molecule has 135 valence electrons. The van der Waals surface area contributed by atoms with Gasteiger partial charge in [0.1, 0.15) is 0 Å². The van der Waals surface area contributed by atoms with Gasteiger partial charge >= 0.3 is 0 Å². The van der Waals surface area contributed by atoms with E-state index in [-0.39, 0.29) is 12.5 Å². The molecule has 2 aliphatic rings. The summed E-state index contributed by atoms with van der Waals surface area (Å²) in [4.78, 5) is 20.8. The Bertz CT molecular complexity index is 983. The number of anilines is 2. The van der Waals surface area contributed by atoms with Crippen LogP contribution in [0.1, 0.15) is 5.56 Å². The molecule has 0 aliphatic carbocycles. The van der Waals surface area contributed by atoms with E-state index in [2.05, 4.69) is 10.3 Å². The van der Waals surface area contributed by atoms with E-state index in [1.807, 2.05) is 46.3 Å². The molecule has 0 bridgehead atoms. The van der Waals surface area contributed by atoms with E-state index in [0.29, 0.717) is 28.9 Å². The smallest absolute Gasteiger partial charge is 0.285 e. The highest BCUT2D eigenvalue weighted by atomic mass is 35.5. The molecule has 2 aromatic carbocycles. The first-order valence-corrected chi connectivity index (χ1v) is 8.79. The van der Waals surface area contributed by atoms with E-state index < -0.39 is 0 Å². The van der Waals surface area contributed by atoms with Gasteiger partial charge in [-0.3, -0.25) is 9.69 Å². The van der Waals surface area contributed by atoms with Gasteiger partial charge in [0, 0.05) is 28.7 Å². The van der Waals surface area contributed by atoms with Crippen LogP contribution in [0.15, 0.2) is 77.7 Å². The number of aliphatic imine (C=N–C) groups is 1. The molecule has 0 fully saturated rings. The van der Waals surface area contributed by atoms with Gasteiger partial charge in [-0.15, -0.1) is 0 Å². The van der Waals surface area contributed by atoms with E-state index in [1.54, 1.807) is 30.5 Å². The molecule has 2 heterocycles. The van der Waals surface area contributed by atoms with Crippen molar-refractivity contribution in [3.05, 3.63) is 83.3 Å². The minimum atomic E-state index is -0.290. The summed E-state index contributed by atoms with van der Waals surface area (Å²) in [6.07, 6.45) is 5.49. The Morgan fingerprint density at radius 3 is 2.93 bits per heavy atom. The number of aliphatic hydroxyl groups excluding tert-OH is 1. The van der Waals surface area contributed by atoms with Gasteiger partial charge in [-0.2, -0.15) is 4.99 Å². The van der Waals surface area contributed by atoms with Crippen molar-refractivity contribution in [3.8, 4) is 0 Å².